The quantitative estimate of drug-likeness (QED) is 0.0778. The van der Waals surface area contributed by atoms with Crippen LogP contribution < -0.4 is 14.0 Å². The SMILES string of the molecule is CCCCOC(=O)C(C(OCc1ccc2c(c1)OCO2)=[N+](S(=O)(=O)C(F)(F)F)S(=O)(=O)C(F)(F)F)n1cc[n+](CCCC)c1. The van der Waals surface area contributed by atoms with Gasteiger partial charge in [-0.1, -0.05) is 32.8 Å². The number of alkyl halides is 6. The molecule has 1 aliphatic rings. The highest BCUT2D eigenvalue weighted by Gasteiger charge is 2.70. The van der Waals surface area contributed by atoms with Gasteiger partial charge in [0.1, 0.15) is 19.0 Å². The van der Waals surface area contributed by atoms with Crippen molar-refractivity contribution in [3.63, 3.8) is 0 Å². The minimum atomic E-state index is -7.42. The first-order chi connectivity index (χ1) is 20.5. The second-order valence-corrected chi connectivity index (χ2v) is 13.1. The minimum Gasteiger partial charge on any atom is -0.462 e. The number of benzene rings is 1. The van der Waals surface area contributed by atoms with Crippen LogP contribution in [0.25, 0.3) is 0 Å². The summed E-state index contributed by atoms with van der Waals surface area (Å²) >= 11 is 0. The molecule has 0 N–H and O–H groups in total. The normalized spacial score (nSPS) is 14.3. The van der Waals surface area contributed by atoms with E-state index >= 15 is 0 Å². The fourth-order valence-electron chi connectivity index (χ4n) is 3.76. The first kappa shape index (κ1) is 34.9. The van der Waals surface area contributed by atoms with E-state index in [1.807, 2.05) is 6.92 Å². The van der Waals surface area contributed by atoms with Crippen molar-refractivity contribution in [2.75, 3.05) is 13.4 Å². The van der Waals surface area contributed by atoms with Crippen molar-refractivity contribution in [2.45, 2.75) is 69.7 Å². The van der Waals surface area contributed by atoms with E-state index in [9.17, 15) is 48.0 Å². The second-order valence-electron chi connectivity index (χ2n) is 9.29. The third-order valence-electron chi connectivity index (χ3n) is 6.00. The molecule has 3 rings (SSSR count). The molecule has 0 amide bonds. The molecule has 1 aromatic heterocycles. The lowest BCUT2D eigenvalue weighted by molar-refractivity contribution is -0.696. The van der Waals surface area contributed by atoms with Crippen LogP contribution >= 0.6 is 0 Å². The Balaban J connectivity index is 2.35. The number of esters is 1. The van der Waals surface area contributed by atoms with Gasteiger partial charge in [0.05, 0.1) is 16.5 Å². The van der Waals surface area contributed by atoms with Crippen LogP contribution in [0.5, 0.6) is 11.5 Å². The average Bonchev–Trinajstić information content (AvgIpc) is 3.58. The Labute approximate surface area is 248 Å². The van der Waals surface area contributed by atoms with Crippen LogP contribution in [0.15, 0.2) is 36.9 Å². The van der Waals surface area contributed by atoms with E-state index in [0.29, 0.717) is 23.8 Å². The number of sulfonamides is 2. The molecule has 1 atom stereocenters. The number of carbonyl (C=O) groups excluding carboxylic acids is 1. The van der Waals surface area contributed by atoms with Crippen LogP contribution in [0.2, 0.25) is 0 Å². The summed E-state index contributed by atoms with van der Waals surface area (Å²) in [6, 6.07) is 1.19. The molecule has 0 bridgehead atoms. The van der Waals surface area contributed by atoms with Crippen molar-refractivity contribution >= 4 is 31.9 Å². The van der Waals surface area contributed by atoms with E-state index in [1.54, 1.807) is 6.92 Å². The molecule has 20 heteroatoms. The van der Waals surface area contributed by atoms with E-state index in [4.69, 9.17) is 18.9 Å². The van der Waals surface area contributed by atoms with E-state index in [1.165, 1.54) is 29.0 Å². The maximum atomic E-state index is 13.8. The largest absolute Gasteiger partial charge is 0.561 e. The van der Waals surface area contributed by atoms with Crippen molar-refractivity contribution in [2.24, 2.45) is 0 Å². The molecule has 1 unspecified atom stereocenters. The van der Waals surface area contributed by atoms with Gasteiger partial charge in [0.2, 0.25) is 13.1 Å². The highest BCUT2D eigenvalue weighted by molar-refractivity contribution is 7.98. The zero-order valence-electron chi connectivity index (χ0n) is 23.3. The minimum absolute atomic E-state index is 0.0240. The third kappa shape index (κ3) is 7.56. The number of aryl methyl sites for hydroxylation is 1. The summed E-state index contributed by atoms with van der Waals surface area (Å²) in [7, 11) is -14.8. The molecule has 0 saturated heterocycles. The maximum absolute atomic E-state index is 13.8. The second kappa shape index (κ2) is 13.6. The average molecular weight is 682 g/mol. The number of hydrogen-bond donors (Lipinski definition) is 0. The van der Waals surface area contributed by atoms with Crippen molar-refractivity contribution < 1.29 is 74.9 Å². The first-order valence-corrected chi connectivity index (χ1v) is 15.9. The lowest BCUT2D eigenvalue weighted by Gasteiger charge is -2.17. The molecule has 1 aromatic carbocycles. The van der Waals surface area contributed by atoms with E-state index in [0.717, 1.165) is 12.5 Å². The van der Waals surface area contributed by atoms with Gasteiger partial charge in [0, 0.05) is 0 Å². The van der Waals surface area contributed by atoms with Gasteiger partial charge in [0.25, 0.3) is 0 Å². The number of imidazole rings is 1. The fraction of sp³-hybridized carbons (Fsp3) is 0.542. The van der Waals surface area contributed by atoms with Gasteiger partial charge in [0.15, 0.2) is 11.5 Å². The molecule has 0 saturated carbocycles. The molecule has 0 aliphatic carbocycles. The Hall–Kier alpha value is -3.55. The maximum Gasteiger partial charge on any atom is 0.561 e. The molecule has 0 spiro atoms. The molecule has 44 heavy (non-hydrogen) atoms. The van der Waals surface area contributed by atoms with Gasteiger partial charge in [-0.05, 0) is 30.5 Å². The summed E-state index contributed by atoms with van der Waals surface area (Å²) in [5, 5.41) is 0. The summed E-state index contributed by atoms with van der Waals surface area (Å²) < 4.78 is 154. The molecule has 0 fully saturated rings. The van der Waals surface area contributed by atoms with Crippen LogP contribution in [-0.4, -0.2) is 61.1 Å². The Morgan fingerprint density at radius 3 is 2.18 bits per heavy atom. The fourth-order valence-corrected chi connectivity index (χ4v) is 6.45. The number of nitrogens with zero attached hydrogens (tertiary/aromatic N) is 3. The van der Waals surface area contributed by atoms with Crippen molar-refractivity contribution in [3.8, 4) is 11.5 Å². The van der Waals surface area contributed by atoms with Crippen molar-refractivity contribution in [1.29, 1.82) is 0 Å². The van der Waals surface area contributed by atoms with Gasteiger partial charge >= 0.3 is 49.0 Å². The van der Waals surface area contributed by atoms with Gasteiger partial charge < -0.3 is 18.9 Å². The first-order valence-electron chi connectivity index (χ1n) is 13.0. The summed E-state index contributed by atoms with van der Waals surface area (Å²) in [5.74, 6) is -3.29. The van der Waals surface area contributed by atoms with E-state index < -0.39 is 59.0 Å². The Kier molecular flexibility index (Phi) is 10.8. The van der Waals surface area contributed by atoms with Crippen molar-refractivity contribution in [1.82, 2.24) is 4.57 Å². The third-order valence-corrected chi connectivity index (χ3v) is 9.59. The molecule has 0 radical (unpaired) electrons. The number of hydrogen-bond acceptors (Lipinski definition) is 9. The monoisotopic (exact) mass is 681 g/mol. The standard InChI is InChI=1S/C24H29F6N3O9S2/c1-3-5-9-31-10-11-32(15-31)20(22(34)39-12-6-4-2)21(40-14-17-7-8-18-19(13-17)42-16-41-18)33(43(35,36)23(25,26)27)44(37,38)24(28,29)30/h7-8,10-11,13,15,20H,3-6,9,12,14,16H2,1-2H3/q+2. The number of unbranched alkanes of at least 4 members (excludes halogenated alkanes) is 2. The Morgan fingerprint density at radius 1 is 0.977 bits per heavy atom. The summed E-state index contributed by atoms with van der Waals surface area (Å²) in [6.07, 6.45) is 5.27. The topological polar surface area (TPSA) is 134 Å². The molecular formula is C24H29F6N3O9S2+2. The zero-order chi connectivity index (χ0) is 32.9. The van der Waals surface area contributed by atoms with Gasteiger partial charge in [-0.15, -0.1) is 0 Å². The van der Waals surface area contributed by atoms with Crippen LogP contribution in [0.4, 0.5) is 26.3 Å². The van der Waals surface area contributed by atoms with Crippen molar-refractivity contribution in [3.05, 3.63) is 42.5 Å². The lowest BCUT2D eigenvalue weighted by atomic mass is 10.2. The summed E-state index contributed by atoms with van der Waals surface area (Å²) in [5.41, 5.74) is -13.2. The zero-order valence-corrected chi connectivity index (χ0v) is 24.9. The molecule has 246 valence electrons. The van der Waals surface area contributed by atoms with Crippen LogP contribution in [-0.2, 0) is 47.5 Å². The number of rotatable bonds is 13. The van der Waals surface area contributed by atoms with Crippen LogP contribution in [0.3, 0.4) is 0 Å². The number of carbonyl (C=O) groups is 1. The predicted octanol–water partition coefficient (Wildman–Crippen LogP) is 3.52. The molecular weight excluding hydrogens is 652 g/mol. The summed E-state index contributed by atoms with van der Waals surface area (Å²) in [4.78, 5) is 13.3. The summed E-state index contributed by atoms with van der Waals surface area (Å²) in [6.45, 7) is 2.21. The van der Waals surface area contributed by atoms with Gasteiger partial charge in [-0.3, -0.25) is 0 Å². The van der Waals surface area contributed by atoms with Gasteiger partial charge in [-0.25, -0.2) is 13.9 Å². The number of ether oxygens (including phenoxy) is 4. The number of fused-ring (bicyclic) bond motifs is 1. The molecule has 1 aliphatic heterocycles. The van der Waals surface area contributed by atoms with E-state index in [-0.39, 0.29) is 43.4 Å². The smallest absolute Gasteiger partial charge is 0.462 e. The lowest BCUT2D eigenvalue weighted by Crippen LogP contribution is -2.49. The Morgan fingerprint density at radius 2 is 1.59 bits per heavy atom. The number of halogens is 6. The van der Waals surface area contributed by atoms with Crippen LogP contribution in [0.1, 0.15) is 51.1 Å². The van der Waals surface area contributed by atoms with Crippen LogP contribution in [0, 0.1) is 0 Å². The molecule has 12 nitrogen and oxygen atoms in total. The highest BCUT2D eigenvalue weighted by atomic mass is 32.3. The molecule has 2 heterocycles. The number of aromatic nitrogens is 2. The predicted molar refractivity (Wildman–Crippen MR) is 137 cm³/mol. The van der Waals surface area contributed by atoms with E-state index in [2.05, 4.69) is 0 Å². The highest BCUT2D eigenvalue weighted by Crippen LogP contribution is 2.35. The Bertz CT molecular complexity index is 1540. The van der Waals surface area contributed by atoms with Gasteiger partial charge in [-0.2, -0.15) is 43.2 Å². The molecule has 2 aromatic rings.